The minimum atomic E-state index is -1.37. The molecule has 1 aromatic heterocycles. The standard InChI is InChI=1S/C12H13NO6/c1-5-7(12-18-3-4-19-12)6(2)13-9(11(16)17)8(5)10(14)15/h12H,3-4H2,1-2H3,(H,14,15)(H,16,17). The van der Waals surface area contributed by atoms with E-state index in [0.717, 1.165) is 0 Å². The number of carboxylic acids is 2. The van der Waals surface area contributed by atoms with Crippen LogP contribution in [0.25, 0.3) is 0 Å². The minimum absolute atomic E-state index is 0.310. The highest BCUT2D eigenvalue weighted by Gasteiger charge is 2.30. The second-order valence-electron chi connectivity index (χ2n) is 4.14. The zero-order valence-corrected chi connectivity index (χ0v) is 10.5. The molecule has 1 aliphatic rings. The van der Waals surface area contributed by atoms with E-state index in [-0.39, 0.29) is 5.56 Å². The van der Waals surface area contributed by atoms with Gasteiger partial charge in [0.05, 0.1) is 18.8 Å². The first-order valence-corrected chi connectivity index (χ1v) is 5.64. The predicted molar refractivity (Wildman–Crippen MR) is 62.3 cm³/mol. The molecule has 0 saturated carbocycles. The van der Waals surface area contributed by atoms with Crippen molar-refractivity contribution in [3.63, 3.8) is 0 Å². The number of rotatable bonds is 3. The van der Waals surface area contributed by atoms with E-state index in [4.69, 9.17) is 19.7 Å². The van der Waals surface area contributed by atoms with E-state index in [9.17, 15) is 9.59 Å². The highest BCUT2D eigenvalue weighted by Crippen LogP contribution is 2.31. The largest absolute Gasteiger partial charge is 0.478 e. The van der Waals surface area contributed by atoms with Gasteiger partial charge in [-0.15, -0.1) is 0 Å². The van der Waals surface area contributed by atoms with Crippen molar-refractivity contribution in [1.29, 1.82) is 0 Å². The maximum Gasteiger partial charge on any atom is 0.355 e. The minimum Gasteiger partial charge on any atom is -0.478 e. The van der Waals surface area contributed by atoms with Crippen LogP contribution in [0.4, 0.5) is 0 Å². The Labute approximate surface area is 108 Å². The van der Waals surface area contributed by atoms with Crippen molar-refractivity contribution in [2.24, 2.45) is 0 Å². The highest BCUT2D eigenvalue weighted by molar-refractivity contribution is 6.01. The lowest BCUT2D eigenvalue weighted by Crippen LogP contribution is -2.18. The molecule has 0 unspecified atom stereocenters. The van der Waals surface area contributed by atoms with Gasteiger partial charge in [-0.3, -0.25) is 0 Å². The first-order chi connectivity index (χ1) is 8.93. The van der Waals surface area contributed by atoms with Gasteiger partial charge in [0, 0.05) is 11.3 Å². The Hall–Kier alpha value is -1.99. The summed E-state index contributed by atoms with van der Waals surface area (Å²) in [5, 5.41) is 18.2. The monoisotopic (exact) mass is 267 g/mol. The fourth-order valence-corrected chi connectivity index (χ4v) is 2.16. The Morgan fingerprint density at radius 3 is 2.21 bits per heavy atom. The van der Waals surface area contributed by atoms with Gasteiger partial charge >= 0.3 is 11.9 Å². The van der Waals surface area contributed by atoms with Crippen molar-refractivity contribution in [3.05, 3.63) is 28.1 Å². The van der Waals surface area contributed by atoms with Gasteiger partial charge in [0.25, 0.3) is 0 Å². The van der Waals surface area contributed by atoms with E-state index < -0.39 is 23.9 Å². The van der Waals surface area contributed by atoms with Crippen molar-refractivity contribution in [2.45, 2.75) is 20.1 Å². The van der Waals surface area contributed by atoms with Crippen LogP contribution in [0.15, 0.2) is 0 Å². The van der Waals surface area contributed by atoms with Crippen molar-refractivity contribution in [1.82, 2.24) is 4.98 Å². The van der Waals surface area contributed by atoms with Crippen LogP contribution in [0.2, 0.25) is 0 Å². The summed E-state index contributed by atoms with van der Waals surface area (Å²) in [7, 11) is 0. The summed E-state index contributed by atoms with van der Waals surface area (Å²) in [6, 6.07) is 0. The first kappa shape index (κ1) is 13.4. The number of hydrogen-bond donors (Lipinski definition) is 2. The molecule has 2 rings (SSSR count). The van der Waals surface area contributed by atoms with Gasteiger partial charge < -0.3 is 19.7 Å². The smallest absolute Gasteiger partial charge is 0.355 e. The normalized spacial score (nSPS) is 15.7. The van der Waals surface area contributed by atoms with Crippen LogP contribution >= 0.6 is 0 Å². The van der Waals surface area contributed by atoms with Crippen molar-refractivity contribution in [2.75, 3.05) is 13.2 Å². The molecule has 7 heteroatoms. The molecule has 0 amide bonds. The number of carbonyl (C=O) groups is 2. The lowest BCUT2D eigenvalue weighted by atomic mass is 9.99. The van der Waals surface area contributed by atoms with Gasteiger partial charge in [0.15, 0.2) is 12.0 Å². The first-order valence-electron chi connectivity index (χ1n) is 5.64. The van der Waals surface area contributed by atoms with Gasteiger partial charge in [0.1, 0.15) is 0 Å². The zero-order valence-electron chi connectivity index (χ0n) is 10.5. The van der Waals surface area contributed by atoms with Crippen LogP contribution in [-0.2, 0) is 9.47 Å². The quantitative estimate of drug-likeness (QED) is 0.845. The Morgan fingerprint density at radius 2 is 1.74 bits per heavy atom. The highest BCUT2D eigenvalue weighted by atomic mass is 16.7. The predicted octanol–water partition coefficient (Wildman–Crippen LogP) is 1.14. The van der Waals surface area contributed by atoms with Crippen LogP contribution < -0.4 is 0 Å². The molecule has 1 saturated heterocycles. The maximum absolute atomic E-state index is 11.2. The van der Waals surface area contributed by atoms with E-state index in [1.807, 2.05) is 0 Å². The molecule has 1 aliphatic heterocycles. The lowest BCUT2D eigenvalue weighted by molar-refractivity contribution is -0.0453. The molecule has 102 valence electrons. The fraction of sp³-hybridized carbons (Fsp3) is 0.417. The molecular formula is C12H13NO6. The summed E-state index contributed by atoms with van der Waals surface area (Å²) in [4.78, 5) is 26.2. The number of nitrogens with zero attached hydrogens (tertiary/aromatic N) is 1. The number of pyridine rings is 1. The van der Waals surface area contributed by atoms with E-state index in [1.54, 1.807) is 6.92 Å². The van der Waals surface area contributed by atoms with E-state index in [2.05, 4.69) is 4.98 Å². The van der Waals surface area contributed by atoms with E-state index >= 15 is 0 Å². The van der Waals surface area contributed by atoms with Gasteiger partial charge in [-0.1, -0.05) is 0 Å². The molecule has 0 bridgehead atoms. The molecule has 0 spiro atoms. The van der Waals surface area contributed by atoms with Gasteiger partial charge in [0.2, 0.25) is 0 Å². The van der Waals surface area contributed by atoms with Crippen molar-refractivity contribution < 1.29 is 29.3 Å². The zero-order chi connectivity index (χ0) is 14.2. The molecular weight excluding hydrogens is 254 g/mol. The SMILES string of the molecule is Cc1nc(C(=O)O)c(C(=O)O)c(C)c1C1OCCO1. The summed E-state index contributed by atoms with van der Waals surface area (Å²) in [6.07, 6.45) is -0.687. The van der Waals surface area contributed by atoms with E-state index in [0.29, 0.717) is 30.0 Å². The Morgan fingerprint density at radius 1 is 1.16 bits per heavy atom. The number of carboxylic acid groups (broad SMARTS) is 2. The van der Waals surface area contributed by atoms with Crippen LogP contribution in [0.3, 0.4) is 0 Å². The van der Waals surface area contributed by atoms with E-state index in [1.165, 1.54) is 6.92 Å². The fourth-order valence-electron chi connectivity index (χ4n) is 2.16. The number of ether oxygens (including phenoxy) is 2. The molecule has 0 aliphatic carbocycles. The Bertz CT molecular complexity index is 548. The topological polar surface area (TPSA) is 106 Å². The molecule has 0 aromatic carbocycles. The molecule has 0 radical (unpaired) electrons. The summed E-state index contributed by atoms with van der Waals surface area (Å²) in [5.41, 5.74) is 0.396. The van der Waals surface area contributed by atoms with Gasteiger partial charge in [-0.05, 0) is 19.4 Å². The number of aryl methyl sites for hydroxylation is 1. The lowest BCUT2D eigenvalue weighted by Gasteiger charge is -2.17. The summed E-state index contributed by atoms with van der Waals surface area (Å²) in [5.74, 6) is -2.70. The van der Waals surface area contributed by atoms with Crippen LogP contribution in [-0.4, -0.2) is 40.3 Å². The second-order valence-corrected chi connectivity index (χ2v) is 4.14. The third-order valence-corrected chi connectivity index (χ3v) is 2.96. The van der Waals surface area contributed by atoms with Crippen LogP contribution in [0, 0.1) is 13.8 Å². The van der Waals surface area contributed by atoms with Crippen LogP contribution in [0.1, 0.15) is 44.0 Å². The summed E-state index contributed by atoms with van der Waals surface area (Å²) in [6.45, 7) is 3.95. The number of aromatic nitrogens is 1. The third kappa shape index (κ3) is 2.29. The third-order valence-electron chi connectivity index (χ3n) is 2.96. The molecule has 1 aromatic rings. The van der Waals surface area contributed by atoms with Gasteiger partial charge in [-0.25, -0.2) is 14.6 Å². The molecule has 2 N–H and O–H groups in total. The van der Waals surface area contributed by atoms with Crippen LogP contribution in [0.5, 0.6) is 0 Å². The molecule has 7 nitrogen and oxygen atoms in total. The average molecular weight is 267 g/mol. The van der Waals surface area contributed by atoms with Crippen molar-refractivity contribution >= 4 is 11.9 Å². The maximum atomic E-state index is 11.2. The Balaban J connectivity index is 2.66. The number of hydrogen-bond acceptors (Lipinski definition) is 5. The average Bonchev–Trinajstić information content (AvgIpc) is 2.80. The second kappa shape index (κ2) is 4.94. The van der Waals surface area contributed by atoms with Gasteiger partial charge in [-0.2, -0.15) is 0 Å². The molecule has 1 fully saturated rings. The van der Waals surface area contributed by atoms with Crippen molar-refractivity contribution in [3.8, 4) is 0 Å². The number of aromatic carboxylic acids is 2. The summed E-state index contributed by atoms with van der Waals surface area (Å²) < 4.78 is 10.7. The Kier molecular flexibility index (Phi) is 3.50. The molecule has 2 heterocycles. The molecule has 19 heavy (non-hydrogen) atoms. The summed E-state index contributed by atoms with van der Waals surface area (Å²) >= 11 is 0. The molecule has 0 atom stereocenters.